The summed E-state index contributed by atoms with van der Waals surface area (Å²) < 4.78 is 8.94. The Bertz CT molecular complexity index is 1370. The van der Waals surface area contributed by atoms with Gasteiger partial charge < -0.3 is 4.74 Å². The Morgan fingerprint density at radius 1 is 0.697 bits per heavy atom. The van der Waals surface area contributed by atoms with E-state index in [-0.39, 0.29) is 0 Å². The number of allylic oxidation sites excluding steroid dienone is 4. The number of hydrogen-bond acceptors (Lipinski definition) is 1. The Kier molecular flexibility index (Phi) is 5.28. The van der Waals surface area contributed by atoms with Crippen LogP contribution in [0.3, 0.4) is 0 Å². The molecule has 6 rings (SSSR count). The largest absolute Gasteiger partial charge is 0.457 e. The molecule has 0 aromatic heterocycles. The van der Waals surface area contributed by atoms with Crippen LogP contribution in [-0.2, 0) is 17.6 Å². The summed E-state index contributed by atoms with van der Waals surface area (Å²) in [6.45, 7) is 2.42. The third-order valence-electron chi connectivity index (χ3n) is 6.77. The lowest BCUT2D eigenvalue weighted by molar-refractivity contribution is 0.399. The van der Waals surface area contributed by atoms with Crippen molar-refractivity contribution in [3.63, 3.8) is 0 Å². The van der Waals surface area contributed by atoms with Crippen LogP contribution in [0.5, 0.6) is 0 Å². The first-order valence-corrected chi connectivity index (χ1v) is 12.0. The highest BCUT2D eigenvalue weighted by Crippen LogP contribution is 2.31. The average Bonchev–Trinajstić information content (AvgIpc) is 2.89. The molecule has 0 aliphatic carbocycles. The van der Waals surface area contributed by atoms with Crippen molar-refractivity contribution in [2.24, 2.45) is 0 Å². The van der Waals surface area contributed by atoms with Crippen LogP contribution in [-0.4, -0.2) is 13.1 Å². The van der Waals surface area contributed by atoms with Crippen LogP contribution in [0.15, 0.2) is 96.8 Å². The molecule has 2 nitrogen and oxygen atoms in total. The van der Waals surface area contributed by atoms with Gasteiger partial charge in [0.15, 0.2) is 0 Å². The molecule has 0 amide bonds. The topological polar surface area (TPSA) is 12.2 Å². The van der Waals surface area contributed by atoms with Crippen molar-refractivity contribution in [2.45, 2.75) is 25.7 Å². The fraction of sp³-hybridized carbons (Fsp3) is 0.194. The fourth-order valence-electron chi connectivity index (χ4n) is 5.25. The number of ether oxygens (including phenoxy) is 1. The van der Waals surface area contributed by atoms with E-state index in [1.807, 2.05) is 6.07 Å². The summed E-state index contributed by atoms with van der Waals surface area (Å²) in [6.07, 6.45) is 13.5. The van der Waals surface area contributed by atoms with Crippen molar-refractivity contribution >= 4 is 17.4 Å². The molecule has 0 saturated heterocycles. The van der Waals surface area contributed by atoms with E-state index in [2.05, 4.69) is 95.6 Å². The van der Waals surface area contributed by atoms with Crippen LogP contribution < -0.4 is 15.2 Å². The van der Waals surface area contributed by atoms with E-state index in [1.165, 1.54) is 66.0 Å². The second-order valence-corrected chi connectivity index (χ2v) is 9.06. The number of nitrogens with zero attached hydrogens (tertiary/aromatic N) is 1. The van der Waals surface area contributed by atoms with Gasteiger partial charge in [-0.2, -0.15) is 0 Å². The molecule has 3 aromatic carbocycles. The molecule has 0 radical (unpaired) electrons. The van der Waals surface area contributed by atoms with Crippen molar-refractivity contribution < 1.29 is 4.74 Å². The first-order valence-electron chi connectivity index (χ1n) is 12.0. The predicted molar refractivity (Wildman–Crippen MR) is 136 cm³/mol. The minimum atomic E-state index is 0.864. The SMILES string of the molecule is C(C=c1cc2c3c(c1)CCC[N+]=3CCC2)=C1C=C(c2ccccc2)C=C(c2ccccc2)O1. The van der Waals surface area contributed by atoms with Crippen LogP contribution >= 0.6 is 0 Å². The van der Waals surface area contributed by atoms with Crippen LogP contribution in [0.1, 0.15) is 35.1 Å². The Morgan fingerprint density at radius 3 is 2.00 bits per heavy atom. The molecule has 0 saturated carbocycles. The first kappa shape index (κ1) is 20.0. The molecular formula is C31H28NO+. The van der Waals surface area contributed by atoms with Crippen LogP contribution in [0, 0.1) is 0 Å². The number of aryl methyl sites for hydroxylation is 2. The van der Waals surface area contributed by atoms with Gasteiger partial charge in [-0.1, -0.05) is 66.7 Å². The van der Waals surface area contributed by atoms with Gasteiger partial charge in [0.05, 0.1) is 0 Å². The Labute approximate surface area is 195 Å². The molecule has 33 heavy (non-hydrogen) atoms. The zero-order valence-electron chi connectivity index (χ0n) is 18.8. The van der Waals surface area contributed by atoms with E-state index in [0.717, 1.165) is 22.7 Å². The van der Waals surface area contributed by atoms with Gasteiger partial charge in [-0.05, 0) is 59.6 Å². The summed E-state index contributed by atoms with van der Waals surface area (Å²) in [5, 5.41) is 2.79. The maximum Gasteiger partial charge on any atom is 0.206 e. The Morgan fingerprint density at radius 2 is 1.33 bits per heavy atom. The zero-order chi connectivity index (χ0) is 22.0. The minimum absolute atomic E-state index is 0.864. The lowest BCUT2D eigenvalue weighted by Crippen LogP contribution is -2.44. The molecular weight excluding hydrogens is 402 g/mol. The Hall–Kier alpha value is -3.65. The predicted octanol–water partition coefficient (Wildman–Crippen LogP) is 4.89. The fourth-order valence-corrected chi connectivity index (χ4v) is 5.25. The lowest BCUT2D eigenvalue weighted by atomic mass is 9.95. The van der Waals surface area contributed by atoms with Gasteiger partial charge in [0, 0.05) is 29.5 Å². The van der Waals surface area contributed by atoms with Crippen molar-refractivity contribution in [3.8, 4) is 0 Å². The molecule has 0 bridgehead atoms. The lowest BCUT2D eigenvalue weighted by Gasteiger charge is -2.18. The van der Waals surface area contributed by atoms with Gasteiger partial charge in [-0.15, -0.1) is 0 Å². The summed E-state index contributed by atoms with van der Waals surface area (Å²) >= 11 is 0. The van der Waals surface area contributed by atoms with Crippen LogP contribution in [0.2, 0.25) is 0 Å². The van der Waals surface area contributed by atoms with Gasteiger partial charge in [0.2, 0.25) is 5.36 Å². The minimum Gasteiger partial charge on any atom is -0.457 e. The zero-order valence-corrected chi connectivity index (χ0v) is 18.8. The molecule has 0 N–H and O–H groups in total. The second kappa shape index (κ2) is 8.71. The highest BCUT2D eigenvalue weighted by Gasteiger charge is 2.23. The van der Waals surface area contributed by atoms with E-state index < -0.39 is 0 Å². The highest BCUT2D eigenvalue weighted by atomic mass is 16.5. The summed E-state index contributed by atoms with van der Waals surface area (Å²) in [4.78, 5) is 0. The summed E-state index contributed by atoms with van der Waals surface area (Å²) in [5.41, 5.74) is 6.47. The van der Waals surface area contributed by atoms with E-state index in [4.69, 9.17) is 4.74 Å². The van der Waals surface area contributed by atoms with Crippen molar-refractivity contribution in [1.82, 2.24) is 4.58 Å². The molecule has 0 unspecified atom stereocenters. The molecule has 0 atom stereocenters. The molecule has 0 fully saturated rings. The standard InChI is InChI=1S/C31H28NO/c1-3-9-24(10-4-1)28-21-29(33-30(22-28)25-11-5-2-6-12-25)16-15-23-19-26-13-7-17-32-18-8-14-27(20-23)31(26)32/h1-6,9-12,15-16,19-22H,7-8,13-14,17-18H2/q+1. The van der Waals surface area contributed by atoms with Crippen molar-refractivity contribution in [2.75, 3.05) is 13.1 Å². The molecule has 0 spiro atoms. The van der Waals surface area contributed by atoms with Crippen molar-refractivity contribution in [1.29, 1.82) is 0 Å². The van der Waals surface area contributed by atoms with Crippen molar-refractivity contribution in [3.05, 3.63) is 130 Å². The average molecular weight is 431 g/mol. The molecule has 3 aliphatic rings. The maximum atomic E-state index is 6.35. The van der Waals surface area contributed by atoms with Crippen LogP contribution in [0.25, 0.3) is 17.4 Å². The van der Waals surface area contributed by atoms with Gasteiger partial charge in [0.1, 0.15) is 24.6 Å². The van der Waals surface area contributed by atoms with E-state index in [1.54, 1.807) is 0 Å². The number of benzene rings is 3. The second-order valence-electron chi connectivity index (χ2n) is 9.06. The third-order valence-corrected chi connectivity index (χ3v) is 6.77. The van der Waals surface area contributed by atoms with E-state index >= 15 is 0 Å². The highest BCUT2D eigenvalue weighted by molar-refractivity contribution is 5.85. The first-order chi connectivity index (χ1) is 16.3. The van der Waals surface area contributed by atoms with E-state index in [9.17, 15) is 0 Å². The quantitative estimate of drug-likeness (QED) is 0.539. The number of rotatable bonds is 3. The maximum absolute atomic E-state index is 6.35. The summed E-state index contributed by atoms with van der Waals surface area (Å²) in [7, 11) is 0. The number of hydrogen-bond donors (Lipinski definition) is 0. The molecule has 3 aromatic rings. The molecule has 162 valence electrons. The third kappa shape index (κ3) is 4.09. The normalized spacial score (nSPS) is 18.2. The summed E-state index contributed by atoms with van der Waals surface area (Å²) in [6, 6.07) is 25.6. The smallest absolute Gasteiger partial charge is 0.206 e. The van der Waals surface area contributed by atoms with E-state index in [0.29, 0.717) is 0 Å². The van der Waals surface area contributed by atoms with Gasteiger partial charge >= 0.3 is 0 Å². The van der Waals surface area contributed by atoms with Gasteiger partial charge in [-0.3, -0.25) is 0 Å². The molecule has 3 heterocycles. The monoisotopic (exact) mass is 430 g/mol. The Balaban J connectivity index is 1.42. The molecule has 2 heteroatoms. The van der Waals surface area contributed by atoms with Gasteiger partial charge in [-0.25, -0.2) is 4.58 Å². The van der Waals surface area contributed by atoms with Crippen LogP contribution in [0.4, 0.5) is 0 Å². The van der Waals surface area contributed by atoms with Gasteiger partial charge in [0.25, 0.3) is 0 Å². The summed E-state index contributed by atoms with van der Waals surface area (Å²) in [5.74, 6) is 1.75. The molecule has 3 aliphatic heterocycles.